The molecule has 0 bridgehead atoms. The van der Waals surface area contributed by atoms with Crippen LogP contribution in [0.2, 0.25) is 0 Å². The predicted octanol–water partition coefficient (Wildman–Crippen LogP) is 14.5. The van der Waals surface area contributed by atoms with Gasteiger partial charge in [-0.2, -0.15) is 5.26 Å². The van der Waals surface area contributed by atoms with Crippen molar-refractivity contribution in [3.05, 3.63) is 223 Å². The predicted molar refractivity (Wildman–Crippen MR) is 246 cm³/mol. The first-order chi connectivity index (χ1) is 30.1. The number of hydrogen-bond donors (Lipinski definition) is 0. The minimum Gasteiger partial charge on any atom is -0.308 e. The lowest BCUT2D eigenvalue weighted by Gasteiger charge is -2.21. The van der Waals surface area contributed by atoms with E-state index in [1.54, 1.807) is 0 Å². The molecule has 6 nitrogen and oxygen atoms in total. The van der Waals surface area contributed by atoms with Crippen LogP contribution in [0.5, 0.6) is 0 Å². The Labute approximate surface area is 353 Å². The van der Waals surface area contributed by atoms with Crippen molar-refractivity contribution < 1.29 is 0 Å². The van der Waals surface area contributed by atoms with Crippen LogP contribution in [0.4, 0.5) is 11.4 Å². The molecule has 6 heteroatoms. The fraction of sp³-hybridized carbons (Fsp3) is 0. The number of para-hydroxylation sites is 1. The third-order valence-electron chi connectivity index (χ3n) is 11.1. The Hall–Kier alpha value is -8.89. The van der Waals surface area contributed by atoms with Crippen LogP contribution in [0, 0.1) is 24.5 Å². The van der Waals surface area contributed by atoms with E-state index in [9.17, 15) is 5.26 Å². The Balaban J connectivity index is 1.30. The molecular formula is C55H32N6. The van der Waals surface area contributed by atoms with E-state index in [1.807, 2.05) is 121 Å². The molecule has 2 heterocycles. The maximum absolute atomic E-state index is 9.84. The highest BCUT2D eigenvalue weighted by Crippen LogP contribution is 2.45. The summed E-state index contributed by atoms with van der Waals surface area (Å²) in [6.07, 6.45) is 0. The average Bonchev–Trinajstić information content (AvgIpc) is 3.67. The summed E-state index contributed by atoms with van der Waals surface area (Å²) in [6, 6.07) is 67.2. The van der Waals surface area contributed by atoms with Gasteiger partial charge >= 0.3 is 0 Å². The fourth-order valence-electron chi connectivity index (χ4n) is 8.09. The van der Waals surface area contributed by atoms with Crippen LogP contribution >= 0.6 is 0 Å². The zero-order valence-electron chi connectivity index (χ0n) is 32.7. The third kappa shape index (κ3) is 6.75. The molecule has 61 heavy (non-hydrogen) atoms. The normalized spacial score (nSPS) is 10.9. The number of hydrogen-bond acceptors (Lipinski definition) is 3. The summed E-state index contributed by atoms with van der Waals surface area (Å²) in [5.41, 5.74) is 14.9. The average molecular weight is 777 g/mol. The van der Waals surface area contributed by atoms with Crippen molar-refractivity contribution in [2.45, 2.75) is 0 Å². The van der Waals surface area contributed by atoms with E-state index in [0.717, 1.165) is 89.0 Å². The van der Waals surface area contributed by atoms with Crippen molar-refractivity contribution in [2.24, 2.45) is 0 Å². The van der Waals surface area contributed by atoms with E-state index in [4.69, 9.17) is 23.1 Å². The van der Waals surface area contributed by atoms with Crippen LogP contribution in [0.3, 0.4) is 0 Å². The molecule has 0 N–H and O–H groups in total. The van der Waals surface area contributed by atoms with Gasteiger partial charge in [-0.1, -0.05) is 146 Å². The van der Waals surface area contributed by atoms with Crippen LogP contribution in [0.25, 0.3) is 104 Å². The monoisotopic (exact) mass is 776 g/mol. The molecule has 0 saturated carbocycles. The number of benzene rings is 8. The maximum Gasteiger partial charge on any atom is 0.187 e. The molecule has 0 saturated heterocycles. The van der Waals surface area contributed by atoms with Gasteiger partial charge in [-0.3, -0.25) is 0 Å². The van der Waals surface area contributed by atoms with Gasteiger partial charge in [0.1, 0.15) is 0 Å². The molecule has 0 spiro atoms. The summed E-state index contributed by atoms with van der Waals surface area (Å²) < 4.78 is 2.34. The van der Waals surface area contributed by atoms with Gasteiger partial charge in [-0.05, 0) is 70.8 Å². The zero-order valence-corrected chi connectivity index (χ0v) is 32.7. The molecule has 10 rings (SSSR count). The van der Waals surface area contributed by atoms with Gasteiger partial charge in [0.25, 0.3) is 0 Å². The summed E-state index contributed by atoms with van der Waals surface area (Å²) in [7, 11) is 0. The van der Waals surface area contributed by atoms with Crippen LogP contribution in [0.15, 0.2) is 194 Å². The molecule has 0 amide bonds. The largest absolute Gasteiger partial charge is 0.308 e. The van der Waals surface area contributed by atoms with E-state index < -0.39 is 0 Å². The van der Waals surface area contributed by atoms with Crippen molar-refractivity contribution in [2.75, 3.05) is 0 Å². The summed E-state index contributed by atoms with van der Waals surface area (Å²) in [5, 5.41) is 12.0. The van der Waals surface area contributed by atoms with Gasteiger partial charge in [0.15, 0.2) is 17.2 Å². The molecule has 0 aliphatic rings. The first-order valence-electron chi connectivity index (χ1n) is 19.8. The van der Waals surface area contributed by atoms with E-state index in [-0.39, 0.29) is 0 Å². The van der Waals surface area contributed by atoms with Crippen LogP contribution < -0.4 is 0 Å². The van der Waals surface area contributed by atoms with Gasteiger partial charge < -0.3 is 4.57 Å². The third-order valence-corrected chi connectivity index (χ3v) is 11.1. The molecule has 8 aromatic carbocycles. The van der Waals surface area contributed by atoms with E-state index in [1.165, 1.54) is 0 Å². The van der Waals surface area contributed by atoms with E-state index in [0.29, 0.717) is 22.8 Å². The summed E-state index contributed by atoms with van der Waals surface area (Å²) in [5.74, 6) is 0.617. The Morgan fingerprint density at radius 3 is 1.54 bits per heavy atom. The molecule has 0 radical (unpaired) electrons. The van der Waals surface area contributed by atoms with Crippen LogP contribution in [0.1, 0.15) is 5.56 Å². The highest BCUT2D eigenvalue weighted by Gasteiger charge is 2.23. The van der Waals surface area contributed by atoms with E-state index >= 15 is 0 Å². The number of nitriles is 1. The van der Waals surface area contributed by atoms with Gasteiger partial charge in [-0.25, -0.2) is 19.7 Å². The Morgan fingerprint density at radius 1 is 0.426 bits per heavy atom. The molecule has 0 aliphatic heterocycles. The van der Waals surface area contributed by atoms with Crippen molar-refractivity contribution in [3.8, 4) is 79.0 Å². The van der Waals surface area contributed by atoms with Crippen molar-refractivity contribution >= 4 is 33.2 Å². The standard InChI is InChI=1S/C55H32N6/c1-57-44-26-21-37(22-27-44)42-25-30-53-49(31-42)46-15-9-10-16-52(46)61(53)54-47(38-19-17-36(35-56)18-20-38)32-43(33-48(54)39-23-28-45(58-2)29-24-39)51-34-50(40-11-5-3-6-12-40)59-55(60-51)41-13-7-4-8-14-41/h3-34H. The number of aromatic nitrogens is 3. The quantitative estimate of drug-likeness (QED) is 0.151. The Morgan fingerprint density at radius 2 is 0.934 bits per heavy atom. The van der Waals surface area contributed by atoms with Gasteiger partial charge in [0.2, 0.25) is 0 Å². The topological polar surface area (TPSA) is 63.2 Å². The minimum absolute atomic E-state index is 0.554. The second kappa shape index (κ2) is 15.5. The zero-order chi connectivity index (χ0) is 41.3. The van der Waals surface area contributed by atoms with Gasteiger partial charge in [0, 0.05) is 38.6 Å². The summed E-state index contributed by atoms with van der Waals surface area (Å²) in [4.78, 5) is 17.6. The van der Waals surface area contributed by atoms with Gasteiger partial charge in [-0.15, -0.1) is 0 Å². The number of rotatable bonds is 7. The van der Waals surface area contributed by atoms with Crippen molar-refractivity contribution in [1.29, 1.82) is 5.26 Å². The molecule has 2 aromatic heterocycles. The fourth-order valence-corrected chi connectivity index (χ4v) is 8.09. The van der Waals surface area contributed by atoms with E-state index in [2.05, 4.69) is 93.1 Å². The number of fused-ring (bicyclic) bond motifs is 3. The summed E-state index contributed by atoms with van der Waals surface area (Å²) in [6.45, 7) is 15.2. The highest BCUT2D eigenvalue weighted by atomic mass is 15.0. The highest BCUT2D eigenvalue weighted by molar-refractivity contribution is 6.12. The molecule has 0 fully saturated rings. The lowest BCUT2D eigenvalue weighted by atomic mass is 9.91. The minimum atomic E-state index is 0.554. The smallest absolute Gasteiger partial charge is 0.187 e. The Kier molecular flexibility index (Phi) is 9.24. The number of nitrogens with zero attached hydrogens (tertiary/aromatic N) is 6. The Bertz CT molecular complexity index is 3270. The SMILES string of the molecule is [C-]#[N+]c1ccc(-c2ccc3c(c2)c2ccccc2n3-c2c(-c3ccc(C#N)cc3)cc(-c3cc(-c4ccccc4)nc(-c4ccccc4)n3)cc2-c2ccc([N+]#[C-])cc2)cc1. The molecule has 0 unspecified atom stereocenters. The lowest BCUT2D eigenvalue weighted by molar-refractivity contribution is 1.17. The van der Waals surface area contributed by atoms with Gasteiger partial charge in [0.05, 0.1) is 52.9 Å². The second-order valence-electron chi connectivity index (χ2n) is 14.7. The molecule has 282 valence electrons. The molecular weight excluding hydrogens is 745 g/mol. The molecule has 10 aromatic rings. The van der Waals surface area contributed by atoms with Crippen molar-refractivity contribution in [1.82, 2.24) is 14.5 Å². The first kappa shape index (κ1) is 36.5. The second-order valence-corrected chi connectivity index (χ2v) is 14.7. The first-order valence-corrected chi connectivity index (χ1v) is 19.8. The molecule has 0 atom stereocenters. The molecule has 0 aliphatic carbocycles. The summed E-state index contributed by atoms with van der Waals surface area (Å²) >= 11 is 0. The van der Waals surface area contributed by atoms with Crippen LogP contribution in [-0.2, 0) is 0 Å². The maximum atomic E-state index is 9.84. The van der Waals surface area contributed by atoms with Crippen molar-refractivity contribution in [3.63, 3.8) is 0 Å². The lowest BCUT2D eigenvalue weighted by Crippen LogP contribution is -2.03. The van der Waals surface area contributed by atoms with Crippen LogP contribution in [-0.4, -0.2) is 14.5 Å².